The van der Waals surface area contributed by atoms with Gasteiger partial charge in [-0.2, -0.15) is 0 Å². The lowest BCUT2D eigenvalue weighted by Crippen LogP contribution is -2.61. The highest BCUT2D eigenvalue weighted by Crippen LogP contribution is 2.26. The first-order valence-corrected chi connectivity index (χ1v) is 31.9. The van der Waals surface area contributed by atoms with E-state index in [1.165, 1.54) is 135 Å². The van der Waals surface area contributed by atoms with E-state index >= 15 is 0 Å². The monoisotopic (exact) mass is 1110 g/mol. The molecule has 1 rings (SSSR count). The van der Waals surface area contributed by atoms with E-state index < -0.39 is 67.3 Å². The van der Waals surface area contributed by atoms with E-state index in [4.69, 9.17) is 23.7 Å². The number of aliphatic carboxylic acids is 1. The molecule has 1 heterocycles. The molecule has 12 heteroatoms. The van der Waals surface area contributed by atoms with Crippen LogP contribution in [0.3, 0.4) is 0 Å². The first kappa shape index (κ1) is 73.2. The van der Waals surface area contributed by atoms with Gasteiger partial charge in [-0.05, 0) is 70.6 Å². The van der Waals surface area contributed by atoms with Crippen molar-refractivity contribution in [2.45, 2.75) is 314 Å². The van der Waals surface area contributed by atoms with Crippen LogP contribution >= 0.6 is 0 Å². The van der Waals surface area contributed by atoms with E-state index in [1.54, 1.807) is 6.08 Å². The maximum absolute atomic E-state index is 13.1. The molecule has 3 N–H and O–H groups in total. The third-order valence-corrected chi connectivity index (χ3v) is 14.3. The summed E-state index contributed by atoms with van der Waals surface area (Å²) in [6, 6.07) is 0. The Morgan fingerprint density at radius 3 is 1.27 bits per heavy atom. The van der Waals surface area contributed by atoms with Crippen LogP contribution in [0.15, 0.2) is 72.9 Å². The van der Waals surface area contributed by atoms with E-state index in [1.807, 2.05) is 12.2 Å². The Hall–Kier alpha value is -3.84. The zero-order valence-corrected chi connectivity index (χ0v) is 50.1. The van der Waals surface area contributed by atoms with E-state index in [9.17, 15) is 34.5 Å². The van der Waals surface area contributed by atoms with Gasteiger partial charge < -0.3 is 39.0 Å². The van der Waals surface area contributed by atoms with Gasteiger partial charge in [0.05, 0.1) is 13.0 Å². The lowest BCUT2D eigenvalue weighted by atomic mass is 9.98. The number of aliphatic hydroxyl groups is 2. The highest BCUT2D eigenvalue weighted by atomic mass is 16.7. The minimum absolute atomic E-state index is 0.0397. The summed E-state index contributed by atoms with van der Waals surface area (Å²) >= 11 is 0. The van der Waals surface area contributed by atoms with Crippen LogP contribution in [0.2, 0.25) is 0 Å². The second-order valence-electron chi connectivity index (χ2n) is 21.7. The van der Waals surface area contributed by atoms with Crippen molar-refractivity contribution >= 4 is 23.9 Å². The third kappa shape index (κ3) is 44.5. The standard InChI is InChI=1S/C67H114O12/c1-4-7-10-13-16-19-22-25-28-29-30-31-34-35-38-41-44-47-50-53-59(68)75-56-58(77-60(69)54-51-48-45-42-39-36-32-26-23-20-17-14-11-8-5-2)57-76-67-65(63(72)62(71)64(79-67)66(73)74)78-61(70)55-52-49-46-43-40-37-33-27-24-21-18-15-12-9-6-3/h8,11,17,20,26-27,32-33,39,42,48,51,58,62-65,67,71-72H,4-7,9-10,12-16,18-19,21-25,28-31,34-38,40-41,43-47,49-50,52-57H2,1-3H3,(H,73,74)/b11-8-,20-17-,32-26-,33-27-,42-39-,51-48-. The van der Waals surface area contributed by atoms with Crippen LogP contribution in [0.5, 0.6) is 0 Å². The van der Waals surface area contributed by atoms with Crippen LogP contribution in [0.1, 0.15) is 278 Å². The molecule has 0 aromatic heterocycles. The molecular formula is C67H114O12. The zero-order valence-electron chi connectivity index (χ0n) is 50.1. The average Bonchev–Trinajstić information content (AvgIpc) is 3.46. The summed E-state index contributed by atoms with van der Waals surface area (Å²) in [5, 5.41) is 31.5. The van der Waals surface area contributed by atoms with E-state index in [0.717, 1.165) is 83.5 Å². The van der Waals surface area contributed by atoms with E-state index in [2.05, 4.69) is 75.5 Å². The summed E-state index contributed by atoms with van der Waals surface area (Å²) in [7, 11) is 0. The van der Waals surface area contributed by atoms with E-state index in [-0.39, 0.29) is 25.9 Å². The van der Waals surface area contributed by atoms with Gasteiger partial charge in [0.15, 0.2) is 24.6 Å². The Kier molecular flexibility index (Phi) is 50.7. The molecule has 1 aliphatic heterocycles. The number of hydrogen-bond acceptors (Lipinski definition) is 11. The highest BCUT2D eigenvalue weighted by Gasteiger charge is 2.50. The zero-order chi connectivity index (χ0) is 57.5. The Balaban J connectivity index is 2.70. The fourth-order valence-electron chi connectivity index (χ4n) is 9.44. The van der Waals surface area contributed by atoms with Crippen LogP contribution in [-0.2, 0) is 42.9 Å². The molecule has 0 aliphatic carbocycles. The Morgan fingerprint density at radius 1 is 0.443 bits per heavy atom. The minimum Gasteiger partial charge on any atom is -0.479 e. The summed E-state index contributed by atoms with van der Waals surface area (Å²) in [4.78, 5) is 51.2. The van der Waals surface area contributed by atoms with Gasteiger partial charge in [0.2, 0.25) is 0 Å². The van der Waals surface area contributed by atoms with Crippen LogP contribution < -0.4 is 0 Å². The molecule has 0 radical (unpaired) electrons. The van der Waals surface area contributed by atoms with Gasteiger partial charge in [-0.1, -0.05) is 261 Å². The van der Waals surface area contributed by atoms with Crippen molar-refractivity contribution in [1.29, 1.82) is 0 Å². The summed E-state index contributed by atoms with van der Waals surface area (Å²) in [5.74, 6) is -3.28. The molecule has 0 aromatic carbocycles. The van der Waals surface area contributed by atoms with Crippen LogP contribution in [-0.4, -0.2) is 89.2 Å². The van der Waals surface area contributed by atoms with E-state index in [0.29, 0.717) is 19.3 Å². The molecular weight excluding hydrogens is 997 g/mol. The third-order valence-electron chi connectivity index (χ3n) is 14.3. The van der Waals surface area contributed by atoms with Crippen molar-refractivity contribution in [3.8, 4) is 0 Å². The predicted octanol–water partition coefficient (Wildman–Crippen LogP) is 16.9. The molecule has 454 valence electrons. The van der Waals surface area contributed by atoms with Crippen molar-refractivity contribution in [2.75, 3.05) is 13.2 Å². The van der Waals surface area contributed by atoms with Crippen molar-refractivity contribution < 1.29 is 58.2 Å². The highest BCUT2D eigenvalue weighted by molar-refractivity contribution is 5.74. The SMILES string of the molecule is CC/C=C\C/C=C\C/C=C\C/C=C\C/C=C\CC(=O)OC(COC(=O)CCCCCCCCCCCCCCCCCCCCC)COC1OC(C(=O)O)C(O)C(O)C1OC(=O)CCCCCCC/C=C\CCCCCCCC. The molecule has 1 fully saturated rings. The number of carboxylic acid groups (broad SMARTS) is 1. The Bertz CT molecular complexity index is 1650. The van der Waals surface area contributed by atoms with Crippen LogP contribution in [0, 0.1) is 0 Å². The van der Waals surface area contributed by atoms with Crippen molar-refractivity contribution in [1.82, 2.24) is 0 Å². The fourth-order valence-corrected chi connectivity index (χ4v) is 9.44. The maximum atomic E-state index is 13.1. The first-order valence-electron chi connectivity index (χ1n) is 31.9. The minimum atomic E-state index is -1.92. The van der Waals surface area contributed by atoms with Gasteiger partial charge in [-0.25, -0.2) is 4.79 Å². The van der Waals surface area contributed by atoms with Gasteiger partial charge in [0, 0.05) is 12.8 Å². The lowest BCUT2D eigenvalue weighted by Gasteiger charge is -2.40. The van der Waals surface area contributed by atoms with Crippen LogP contribution in [0.4, 0.5) is 0 Å². The second-order valence-corrected chi connectivity index (χ2v) is 21.7. The topological polar surface area (TPSA) is 175 Å². The molecule has 79 heavy (non-hydrogen) atoms. The van der Waals surface area contributed by atoms with Crippen molar-refractivity contribution in [3.63, 3.8) is 0 Å². The number of ether oxygens (including phenoxy) is 5. The number of esters is 3. The van der Waals surface area contributed by atoms with Crippen LogP contribution in [0.25, 0.3) is 0 Å². The largest absolute Gasteiger partial charge is 0.479 e. The molecule has 0 spiro atoms. The maximum Gasteiger partial charge on any atom is 0.335 e. The predicted molar refractivity (Wildman–Crippen MR) is 322 cm³/mol. The number of allylic oxidation sites excluding steroid dienone is 11. The summed E-state index contributed by atoms with van der Waals surface area (Å²) < 4.78 is 28.4. The van der Waals surface area contributed by atoms with Gasteiger partial charge >= 0.3 is 23.9 Å². The quantitative estimate of drug-likeness (QED) is 0.0228. The molecule has 0 amide bonds. The van der Waals surface area contributed by atoms with Crippen molar-refractivity contribution in [2.24, 2.45) is 0 Å². The number of carboxylic acids is 1. The number of carbonyl (C=O) groups is 4. The van der Waals surface area contributed by atoms with Gasteiger partial charge in [-0.3, -0.25) is 14.4 Å². The summed E-state index contributed by atoms with van der Waals surface area (Å²) in [5.41, 5.74) is 0. The Morgan fingerprint density at radius 2 is 0.835 bits per heavy atom. The molecule has 12 nitrogen and oxygen atoms in total. The van der Waals surface area contributed by atoms with Gasteiger partial charge in [-0.15, -0.1) is 0 Å². The first-order chi connectivity index (χ1) is 38.6. The number of rotatable bonds is 54. The van der Waals surface area contributed by atoms with Crippen molar-refractivity contribution in [3.05, 3.63) is 72.9 Å². The van der Waals surface area contributed by atoms with Gasteiger partial charge in [0.1, 0.15) is 18.8 Å². The molecule has 6 unspecified atom stereocenters. The average molecular weight is 1110 g/mol. The second kappa shape index (κ2) is 54.7. The molecule has 1 aliphatic rings. The number of unbranched alkanes of at least 4 members (excludes halogenated alkanes) is 29. The smallest absolute Gasteiger partial charge is 0.335 e. The fraction of sp³-hybridized carbons (Fsp3) is 0.761. The molecule has 0 saturated carbocycles. The summed E-state index contributed by atoms with van der Waals surface area (Å²) in [6.45, 7) is 5.82. The Labute approximate surface area is 480 Å². The van der Waals surface area contributed by atoms with Gasteiger partial charge in [0.25, 0.3) is 0 Å². The number of hydrogen-bond donors (Lipinski definition) is 3. The molecule has 1 saturated heterocycles. The molecule has 0 aromatic rings. The number of carbonyl (C=O) groups excluding carboxylic acids is 3. The lowest BCUT2D eigenvalue weighted by molar-refractivity contribution is -0.301. The molecule has 0 bridgehead atoms. The number of aliphatic hydroxyl groups excluding tert-OH is 2. The summed E-state index contributed by atoms with van der Waals surface area (Å²) in [6.07, 6.45) is 57.6. The molecule has 6 atom stereocenters. The normalized spacial score (nSPS) is 18.3.